The van der Waals surface area contributed by atoms with E-state index in [1.54, 1.807) is 0 Å². The predicted octanol–water partition coefficient (Wildman–Crippen LogP) is 22.8. The Balaban J connectivity index is 0.000000131. The second kappa shape index (κ2) is 30.8. The minimum absolute atomic E-state index is 0. The third kappa shape index (κ3) is 12.0. The first kappa shape index (κ1) is 75.9. The average Bonchev–Trinajstić information content (AvgIpc) is 1.55. The lowest BCUT2D eigenvalue weighted by molar-refractivity contribution is 0.422. The van der Waals surface area contributed by atoms with Crippen LogP contribution in [-0.2, 0) is 10.8 Å². The van der Waals surface area contributed by atoms with Gasteiger partial charge >= 0.3 is 7.12 Å². The Kier molecular flexibility index (Phi) is 19.3. The molecule has 0 bridgehead atoms. The summed E-state index contributed by atoms with van der Waals surface area (Å²) in [6.45, 7) is 0. The van der Waals surface area contributed by atoms with Crippen LogP contribution in [-0.4, -0.2) is 76.1 Å². The van der Waals surface area contributed by atoms with Crippen LogP contribution in [0, 0.1) is 0 Å². The number of para-hydroxylation sites is 8. The van der Waals surface area contributed by atoms with Gasteiger partial charge in [-0.2, -0.15) is 0 Å². The molecular weight excluding hydrogens is 1560 g/mol. The van der Waals surface area contributed by atoms with Crippen molar-refractivity contribution >= 4 is 72.4 Å². The van der Waals surface area contributed by atoms with E-state index in [9.17, 15) is 10.0 Å². The molecule has 20 aromatic rings. The number of fused-ring (bicyclic) bond motifs is 24. The molecule has 4 aliphatic rings. The molecule has 18 heteroatoms. The molecule has 16 nitrogen and oxygen atoms in total. The van der Waals surface area contributed by atoms with E-state index in [2.05, 4.69) is 228 Å². The zero-order valence-corrected chi connectivity index (χ0v) is 64.3. The van der Waals surface area contributed by atoms with Crippen LogP contribution < -0.4 is 15.2 Å². The van der Waals surface area contributed by atoms with Crippen molar-refractivity contribution in [3.8, 4) is 114 Å². The Morgan fingerprint density at radius 3 is 0.901 bits per heavy atom. The molecule has 0 fully saturated rings. The zero-order valence-electron chi connectivity index (χ0n) is 62.7. The van der Waals surface area contributed by atoms with E-state index in [1.165, 1.54) is 21.5 Å². The Bertz CT molecular complexity index is 7110. The SMILES string of the molecule is Brc1cccc2c1Oc1c(-n3c4ccccc4c4ccccc43)cccc1C21c2cccnc2-c2ncccc21.C.C.C.OB(O)c1nc(-c2ccccc2)nc(-c2ccccc2)n1.c1ccc(-c2nc(-c3ccccc3)nc(-c3cccc4c3Oc3c(-n5c6ccccc6c6ccccc65)cccc3C43c4cccnc4-c4ncccc43)n2)cc1. The number of pyridine rings is 4. The maximum Gasteiger partial charge on any atom is 0.528 e. The van der Waals surface area contributed by atoms with E-state index >= 15 is 0 Å². The van der Waals surface area contributed by atoms with Crippen LogP contribution in [0.25, 0.3) is 135 Å². The standard InChI is InChI=1S/C50H30N6O.C35H20BrN3O.C15H12BN3O2.3CH4/c1-3-15-31(16-4-1)47-53-48(32-17-5-2-6-18-32)55-49(54-47)35-21-11-22-38-45(35)57-46-39(50(38)36-24-13-29-51-43(36)44-37(50)25-14-30-52-44)23-12-28-42(46)56-40-26-9-7-19-33(40)34-20-8-10-27-41(34)56;36-27-15-5-11-25-33(27)40-34-26(35(25)23-13-7-19-37-31(23)32-24(35)14-8-20-38-32)12-6-18-30(34)39-28-16-3-1-9-21(28)22-10-2-4-17-29(22)39;20-16(21)15-18-13(11-7-3-1-4-8-11)17-14(19-15)12-9-5-2-6-10-12;;;/h1-30H;1-20H;1-10,20-21H;3*1H4. The normalized spacial score (nSPS) is 12.7. The minimum Gasteiger partial charge on any atom is -0.454 e. The number of hydrogen-bond donors (Lipinski definition) is 2. The van der Waals surface area contributed by atoms with Crippen molar-refractivity contribution in [1.82, 2.24) is 59.0 Å². The maximum atomic E-state index is 9.37. The summed E-state index contributed by atoms with van der Waals surface area (Å²) in [5.41, 5.74) is 21.0. The monoisotopic (exact) mass is 1630 g/mol. The number of halogens is 1. The van der Waals surface area contributed by atoms with Crippen molar-refractivity contribution in [3.63, 3.8) is 0 Å². The van der Waals surface area contributed by atoms with Crippen molar-refractivity contribution in [2.45, 2.75) is 33.1 Å². The minimum atomic E-state index is -1.74. The predicted molar refractivity (Wildman–Crippen MR) is 486 cm³/mol. The van der Waals surface area contributed by atoms with Crippen LogP contribution >= 0.6 is 15.9 Å². The largest absolute Gasteiger partial charge is 0.528 e. The number of rotatable bonds is 8. The highest BCUT2D eigenvalue weighted by Gasteiger charge is 2.55. The first-order valence-corrected chi connectivity index (χ1v) is 39.6. The summed E-state index contributed by atoms with van der Waals surface area (Å²) >= 11 is 3.83. The van der Waals surface area contributed by atoms with Gasteiger partial charge in [0.15, 0.2) is 46.3 Å². The third-order valence-electron chi connectivity index (χ3n) is 22.8. The summed E-state index contributed by atoms with van der Waals surface area (Å²) in [5, 5.41) is 23.5. The molecule has 0 saturated heterocycles. The number of hydrogen-bond acceptors (Lipinski definition) is 14. The van der Waals surface area contributed by atoms with Gasteiger partial charge in [0.1, 0.15) is 11.5 Å². The third-order valence-corrected chi connectivity index (χ3v) is 23.4. The molecule has 580 valence electrons. The van der Waals surface area contributed by atoms with E-state index in [-0.39, 0.29) is 28.0 Å². The first-order chi connectivity index (χ1) is 58.3. The van der Waals surface area contributed by atoms with Crippen LogP contribution in [0.5, 0.6) is 23.0 Å². The molecule has 0 unspecified atom stereocenters. The summed E-state index contributed by atoms with van der Waals surface area (Å²) in [6, 6.07) is 116. The fraction of sp³-hybridized carbons (Fsp3) is 0.0485. The molecule has 2 spiro atoms. The van der Waals surface area contributed by atoms with Crippen molar-refractivity contribution in [1.29, 1.82) is 0 Å². The Labute approximate surface area is 706 Å². The summed E-state index contributed by atoms with van der Waals surface area (Å²) in [5.74, 6) is 5.57. The van der Waals surface area contributed by atoms with Crippen LogP contribution in [0.15, 0.2) is 369 Å². The lowest BCUT2D eigenvalue weighted by Crippen LogP contribution is -2.36. The Morgan fingerprint density at radius 1 is 0.264 bits per heavy atom. The van der Waals surface area contributed by atoms with Crippen molar-refractivity contribution in [2.24, 2.45) is 0 Å². The van der Waals surface area contributed by atoms with Crippen LogP contribution in [0.1, 0.15) is 66.8 Å². The molecule has 10 heterocycles. The van der Waals surface area contributed by atoms with Crippen LogP contribution in [0.4, 0.5) is 0 Å². The van der Waals surface area contributed by atoms with Gasteiger partial charge in [-0.3, -0.25) is 19.9 Å². The molecule has 12 aromatic carbocycles. The molecule has 2 aliphatic carbocycles. The second-order valence-electron chi connectivity index (χ2n) is 29.1. The Hall–Kier alpha value is -15.1. The summed E-state index contributed by atoms with van der Waals surface area (Å²) in [7, 11) is -1.74. The van der Waals surface area contributed by atoms with Gasteiger partial charge in [0, 0.05) is 90.8 Å². The fourth-order valence-corrected chi connectivity index (χ4v) is 18.4. The molecule has 0 radical (unpaired) electrons. The van der Waals surface area contributed by atoms with Gasteiger partial charge in [0.05, 0.1) is 77.1 Å². The molecular formula is C103H74BBrN12O4. The van der Waals surface area contributed by atoms with E-state index in [4.69, 9.17) is 44.4 Å². The van der Waals surface area contributed by atoms with E-state index in [0.29, 0.717) is 34.9 Å². The molecule has 0 amide bonds. The summed E-state index contributed by atoms with van der Waals surface area (Å²) < 4.78 is 20.0. The van der Waals surface area contributed by atoms with E-state index in [1.807, 2.05) is 176 Å². The van der Waals surface area contributed by atoms with Crippen molar-refractivity contribution in [3.05, 3.63) is 413 Å². The molecule has 0 saturated carbocycles. The highest BCUT2D eigenvalue weighted by atomic mass is 79.9. The van der Waals surface area contributed by atoms with Gasteiger partial charge in [-0.25, -0.2) is 29.9 Å². The quantitative estimate of drug-likeness (QED) is 0.136. The van der Waals surface area contributed by atoms with Crippen molar-refractivity contribution in [2.75, 3.05) is 0 Å². The van der Waals surface area contributed by atoms with E-state index in [0.717, 1.165) is 150 Å². The average molecular weight is 1630 g/mol. The topological polar surface area (TPSA) is 198 Å². The lowest BCUT2D eigenvalue weighted by Gasteiger charge is -2.40. The zero-order chi connectivity index (χ0) is 78.6. The van der Waals surface area contributed by atoms with Crippen LogP contribution in [0.3, 0.4) is 0 Å². The van der Waals surface area contributed by atoms with Gasteiger partial charge in [-0.05, 0) is 111 Å². The highest BCUT2D eigenvalue weighted by molar-refractivity contribution is 9.10. The molecule has 2 aliphatic heterocycles. The number of ether oxygens (including phenoxy) is 2. The molecule has 0 atom stereocenters. The van der Waals surface area contributed by atoms with E-state index < -0.39 is 17.9 Å². The fourth-order valence-electron chi connectivity index (χ4n) is 18.0. The van der Waals surface area contributed by atoms with Gasteiger partial charge in [-0.1, -0.05) is 289 Å². The molecule has 8 aromatic heterocycles. The van der Waals surface area contributed by atoms with Crippen LogP contribution in [0.2, 0.25) is 0 Å². The molecule has 121 heavy (non-hydrogen) atoms. The smallest absolute Gasteiger partial charge is 0.454 e. The lowest BCUT2D eigenvalue weighted by atomic mass is 9.66. The van der Waals surface area contributed by atoms with Crippen molar-refractivity contribution < 1.29 is 19.5 Å². The molecule has 24 rings (SSSR count). The summed E-state index contributed by atoms with van der Waals surface area (Å²) in [4.78, 5) is 47.7. The van der Waals surface area contributed by atoms with Gasteiger partial charge in [0.25, 0.3) is 0 Å². The van der Waals surface area contributed by atoms with Gasteiger partial charge < -0.3 is 28.7 Å². The second-order valence-corrected chi connectivity index (χ2v) is 30.0. The number of benzene rings is 12. The molecule has 2 N–H and O–H groups in total. The number of nitrogens with zero attached hydrogens (tertiary/aromatic N) is 12. The first-order valence-electron chi connectivity index (χ1n) is 38.8. The Morgan fingerprint density at radius 2 is 0.545 bits per heavy atom. The number of aromatic nitrogens is 12. The van der Waals surface area contributed by atoms with Gasteiger partial charge in [0.2, 0.25) is 0 Å². The maximum absolute atomic E-state index is 9.37. The highest BCUT2D eigenvalue weighted by Crippen LogP contribution is 2.66. The van der Waals surface area contributed by atoms with Gasteiger partial charge in [-0.15, -0.1) is 0 Å². The summed E-state index contributed by atoms with van der Waals surface area (Å²) in [6.07, 6.45) is 7.41.